The first-order chi connectivity index (χ1) is 11.5. The molecule has 1 unspecified atom stereocenters. The van der Waals surface area contributed by atoms with E-state index < -0.39 is 48.9 Å². The van der Waals surface area contributed by atoms with Gasteiger partial charge < -0.3 is 9.84 Å². The number of β-amino-alcohol motifs (C(OH)–C–C–N with tert-alkyl or cyclic N) is 1. The lowest BCUT2D eigenvalue weighted by Crippen LogP contribution is -2.70. The minimum absolute atomic E-state index is 0.0666. The van der Waals surface area contributed by atoms with E-state index in [1.165, 1.54) is 4.90 Å². The Hall–Kier alpha value is -0.890. The van der Waals surface area contributed by atoms with Gasteiger partial charge in [-0.3, -0.25) is 4.90 Å². The van der Waals surface area contributed by atoms with Crippen LogP contribution in [0, 0.1) is 0 Å². The number of halogens is 11. The zero-order valence-corrected chi connectivity index (χ0v) is 12.8. The highest BCUT2D eigenvalue weighted by Crippen LogP contribution is 2.59. The first kappa shape index (κ1) is 23.1. The number of aliphatic hydroxyl groups is 1. The molecule has 1 heterocycles. The summed E-state index contributed by atoms with van der Waals surface area (Å²) in [6.45, 7) is -0.426. The van der Waals surface area contributed by atoms with Crippen molar-refractivity contribution in [2.75, 3.05) is 32.8 Å². The van der Waals surface area contributed by atoms with Gasteiger partial charge in [0.05, 0.1) is 19.3 Å². The van der Waals surface area contributed by atoms with Crippen LogP contribution >= 0.6 is 0 Å². The number of hydrogen-bond acceptors (Lipinski definition) is 3. The van der Waals surface area contributed by atoms with Crippen molar-refractivity contribution in [3.05, 3.63) is 0 Å². The molecule has 14 heteroatoms. The first-order valence-corrected chi connectivity index (χ1v) is 7.03. The van der Waals surface area contributed by atoms with Gasteiger partial charge in [-0.25, -0.2) is 4.39 Å². The third-order valence-electron chi connectivity index (χ3n) is 3.74. The molecule has 0 aromatic rings. The molecule has 0 aromatic heterocycles. The molecule has 0 spiro atoms. The maximum atomic E-state index is 13.6. The van der Waals surface area contributed by atoms with Crippen molar-refractivity contribution < 1.29 is 58.1 Å². The fourth-order valence-electron chi connectivity index (χ4n) is 2.34. The van der Waals surface area contributed by atoms with Crippen LogP contribution in [0.15, 0.2) is 0 Å². The van der Waals surface area contributed by atoms with E-state index in [1.54, 1.807) is 0 Å². The molecule has 0 aromatic carbocycles. The van der Waals surface area contributed by atoms with Crippen LogP contribution in [-0.2, 0) is 4.74 Å². The Kier molecular flexibility index (Phi) is 6.47. The molecule has 1 aliphatic heterocycles. The predicted molar refractivity (Wildman–Crippen MR) is 63.7 cm³/mol. The van der Waals surface area contributed by atoms with E-state index in [0.29, 0.717) is 0 Å². The summed E-state index contributed by atoms with van der Waals surface area (Å²) in [5, 5.41) is 9.39. The van der Waals surface area contributed by atoms with Gasteiger partial charge in [0.1, 0.15) is 0 Å². The zero-order chi connectivity index (χ0) is 20.6. The summed E-state index contributed by atoms with van der Waals surface area (Å²) in [5.41, 5.74) is -7.49. The lowest BCUT2D eigenvalue weighted by Gasteiger charge is -2.40. The van der Waals surface area contributed by atoms with Gasteiger partial charge in [0, 0.05) is 26.1 Å². The summed E-state index contributed by atoms with van der Waals surface area (Å²) < 4.78 is 146. The Labute approximate surface area is 139 Å². The smallest absolute Gasteiger partial charge is 0.392 e. The normalized spacial score (nSPS) is 20.3. The van der Waals surface area contributed by atoms with Crippen molar-refractivity contribution in [1.82, 2.24) is 4.90 Å². The fraction of sp³-hybridized carbons (Fsp3) is 1.00. The second-order valence-electron chi connectivity index (χ2n) is 5.70. The van der Waals surface area contributed by atoms with Crippen LogP contribution in [0.2, 0.25) is 0 Å². The molecule has 3 nitrogen and oxygen atoms in total. The van der Waals surface area contributed by atoms with Crippen molar-refractivity contribution in [3.8, 4) is 0 Å². The van der Waals surface area contributed by atoms with Crippen LogP contribution in [0.4, 0.5) is 48.3 Å². The highest BCUT2D eigenvalue weighted by molar-refractivity contribution is 5.11. The highest BCUT2D eigenvalue weighted by Gasteiger charge is 2.89. The van der Waals surface area contributed by atoms with Crippen LogP contribution in [0.1, 0.15) is 6.42 Å². The molecule has 0 radical (unpaired) electrons. The zero-order valence-electron chi connectivity index (χ0n) is 12.8. The SMILES string of the molecule is OC(CN1CCOCC1)CC(F)(F)C(F)(F)C(F)(C(F)(F)F)C(F)(F)F. The predicted octanol–water partition coefficient (Wildman–Crippen LogP) is 3.17. The van der Waals surface area contributed by atoms with Crippen molar-refractivity contribution in [2.24, 2.45) is 0 Å². The monoisotopic (exact) mass is 413 g/mol. The lowest BCUT2D eigenvalue weighted by molar-refractivity contribution is -0.428. The number of hydrogen-bond donors (Lipinski definition) is 1. The van der Waals surface area contributed by atoms with Crippen LogP contribution in [0.25, 0.3) is 0 Å². The Morgan fingerprint density at radius 1 is 0.808 bits per heavy atom. The Bertz CT molecular complexity index is 457. The van der Waals surface area contributed by atoms with Crippen molar-refractivity contribution in [2.45, 2.75) is 42.4 Å². The van der Waals surface area contributed by atoms with Gasteiger partial charge in [0.25, 0.3) is 0 Å². The standard InChI is InChI=1S/C12H14F11NO2/c13-8(14,5-7(25)6-24-1-3-26-4-2-24)10(16,17)9(15,11(18,19)20)12(21,22)23/h7,25H,1-6H2. The molecular weight excluding hydrogens is 399 g/mol. The van der Waals surface area contributed by atoms with Crippen molar-refractivity contribution in [1.29, 1.82) is 0 Å². The molecular formula is C12H14F11NO2. The van der Waals surface area contributed by atoms with Crippen molar-refractivity contribution in [3.63, 3.8) is 0 Å². The summed E-state index contributed by atoms with van der Waals surface area (Å²) in [6, 6.07) is 0. The highest BCUT2D eigenvalue weighted by atomic mass is 19.4. The van der Waals surface area contributed by atoms with E-state index in [1.807, 2.05) is 0 Å². The van der Waals surface area contributed by atoms with Gasteiger partial charge in [-0.2, -0.15) is 43.9 Å². The van der Waals surface area contributed by atoms with E-state index in [4.69, 9.17) is 4.74 Å². The number of alkyl halides is 11. The number of aliphatic hydroxyl groups excluding tert-OH is 1. The molecule has 0 saturated carbocycles. The van der Waals surface area contributed by atoms with Crippen LogP contribution in [0.3, 0.4) is 0 Å². The number of rotatable bonds is 6. The van der Waals surface area contributed by atoms with Gasteiger partial charge in [0.15, 0.2) is 0 Å². The molecule has 1 atom stereocenters. The minimum Gasteiger partial charge on any atom is -0.392 e. The second-order valence-corrected chi connectivity index (χ2v) is 5.70. The summed E-state index contributed by atoms with van der Waals surface area (Å²) in [5.74, 6) is -13.3. The summed E-state index contributed by atoms with van der Waals surface area (Å²) >= 11 is 0. The maximum Gasteiger partial charge on any atom is 0.438 e. The van der Waals surface area contributed by atoms with Crippen LogP contribution in [0.5, 0.6) is 0 Å². The Balaban J connectivity index is 3.05. The molecule has 1 fully saturated rings. The Morgan fingerprint density at radius 3 is 1.62 bits per heavy atom. The van der Waals surface area contributed by atoms with Gasteiger partial charge >= 0.3 is 29.9 Å². The van der Waals surface area contributed by atoms with Gasteiger partial charge in [-0.1, -0.05) is 0 Å². The molecule has 1 aliphatic rings. The second kappa shape index (κ2) is 7.26. The Morgan fingerprint density at radius 2 is 1.23 bits per heavy atom. The molecule has 1 rings (SSSR count). The molecule has 1 saturated heterocycles. The van der Waals surface area contributed by atoms with E-state index in [9.17, 15) is 53.4 Å². The summed E-state index contributed by atoms with van der Waals surface area (Å²) in [6.07, 6.45) is -19.7. The molecule has 26 heavy (non-hydrogen) atoms. The quantitative estimate of drug-likeness (QED) is 0.680. The number of morpholine rings is 1. The average Bonchev–Trinajstić information content (AvgIpc) is 2.43. The van der Waals surface area contributed by atoms with Crippen LogP contribution in [-0.4, -0.2) is 78.8 Å². The van der Waals surface area contributed by atoms with Gasteiger partial charge in [-0.15, -0.1) is 0 Å². The van der Waals surface area contributed by atoms with E-state index in [-0.39, 0.29) is 26.3 Å². The van der Waals surface area contributed by atoms with Crippen molar-refractivity contribution >= 4 is 0 Å². The fourth-order valence-corrected chi connectivity index (χ4v) is 2.34. The molecule has 0 aliphatic carbocycles. The van der Waals surface area contributed by atoms with Gasteiger partial charge in [-0.05, 0) is 0 Å². The lowest BCUT2D eigenvalue weighted by atomic mass is 9.88. The average molecular weight is 413 g/mol. The van der Waals surface area contributed by atoms with E-state index in [2.05, 4.69) is 0 Å². The molecule has 0 amide bonds. The van der Waals surface area contributed by atoms with Gasteiger partial charge in [0.2, 0.25) is 0 Å². The third kappa shape index (κ3) is 4.16. The summed E-state index contributed by atoms with van der Waals surface area (Å²) in [7, 11) is 0. The number of ether oxygens (including phenoxy) is 1. The first-order valence-electron chi connectivity index (χ1n) is 7.03. The summed E-state index contributed by atoms with van der Waals surface area (Å²) in [4.78, 5) is 1.22. The molecule has 156 valence electrons. The topological polar surface area (TPSA) is 32.7 Å². The largest absolute Gasteiger partial charge is 0.438 e. The maximum absolute atomic E-state index is 13.6. The van der Waals surface area contributed by atoms with E-state index >= 15 is 0 Å². The van der Waals surface area contributed by atoms with Crippen LogP contribution < -0.4 is 0 Å². The van der Waals surface area contributed by atoms with E-state index in [0.717, 1.165) is 0 Å². The molecule has 0 bridgehead atoms. The minimum atomic E-state index is -7.49. The molecule has 1 N–H and O–H groups in total. The number of nitrogens with zero attached hydrogens (tertiary/aromatic N) is 1. The third-order valence-corrected chi connectivity index (χ3v) is 3.74.